The fourth-order valence-corrected chi connectivity index (χ4v) is 4.74. The molecule has 3 aromatic carbocycles. The molecule has 0 aliphatic carbocycles. The van der Waals surface area contributed by atoms with Gasteiger partial charge < -0.3 is 39.6 Å². The highest BCUT2D eigenvalue weighted by molar-refractivity contribution is 5.88. The number of rotatable bonds is 19. The lowest BCUT2D eigenvalue weighted by molar-refractivity contribution is -0.145. The average Bonchev–Trinajstić information content (AvgIpc) is 3.10. The van der Waals surface area contributed by atoms with E-state index in [0.717, 1.165) is 16.7 Å². The molecule has 0 saturated carbocycles. The van der Waals surface area contributed by atoms with E-state index in [-0.39, 0.29) is 31.9 Å². The van der Waals surface area contributed by atoms with Gasteiger partial charge in [0.1, 0.15) is 29.9 Å². The predicted octanol–water partition coefficient (Wildman–Crippen LogP) is 3.82. The minimum Gasteiger partial charge on any atom is -0.497 e. The first-order chi connectivity index (χ1) is 22.8. The normalized spacial score (nSPS) is 12.2. The van der Waals surface area contributed by atoms with Gasteiger partial charge in [-0.25, -0.2) is 4.79 Å². The zero-order chi connectivity index (χ0) is 34.0. The van der Waals surface area contributed by atoms with Gasteiger partial charge in [0.15, 0.2) is 0 Å². The molecule has 0 bridgehead atoms. The third-order valence-electron chi connectivity index (χ3n) is 7.37. The van der Waals surface area contributed by atoms with Gasteiger partial charge in [-0.05, 0) is 54.3 Å². The number of nitrogens with one attached hydrogen (secondary N) is 1. The number of carbonyl (C=O) groups excluding carboxylic acids is 3. The molecule has 0 heterocycles. The van der Waals surface area contributed by atoms with E-state index in [4.69, 9.17) is 29.4 Å². The molecule has 0 spiro atoms. The summed E-state index contributed by atoms with van der Waals surface area (Å²) in [5, 5.41) is 2.67. The van der Waals surface area contributed by atoms with Crippen LogP contribution in [0.2, 0.25) is 0 Å². The summed E-state index contributed by atoms with van der Waals surface area (Å²) in [7, 11) is 6.03. The Morgan fingerprint density at radius 3 is 2.23 bits per heavy atom. The molecule has 0 fully saturated rings. The van der Waals surface area contributed by atoms with E-state index >= 15 is 0 Å². The van der Waals surface area contributed by atoms with E-state index < -0.39 is 24.0 Å². The molecule has 0 aliphatic heterocycles. The Balaban J connectivity index is 1.66. The summed E-state index contributed by atoms with van der Waals surface area (Å²) in [6.45, 7) is 1.25. The summed E-state index contributed by atoms with van der Waals surface area (Å²) >= 11 is 0. The van der Waals surface area contributed by atoms with Crippen molar-refractivity contribution in [3.8, 4) is 17.2 Å². The lowest BCUT2D eigenvalue weighted by Gasteiger charge is -2.24. The molecule has 2 amide bonds. The van der Waals surface area contributed by atoms with Crippen LogP contribution >= 0.6 is 0 Å². The van der Waals surface area contributed by atoms with Crippen LogP contribution in [0, 0.1) is 0 Å². The number of carbonyl (C=O) groups is 3. The molecule has 252 valence electrons. The molecular weight excluding hydrogens is 602 g/mol. The summed E-state index contributed by atoms with van der Waals surface area (Å²) in [6, 6.07) is 20.4. The van der Waals surface area contributed by atoms with Crippen LogP contribution in [0.15, 0.2) is 84.9 Å². The van der Waals surface area contributed by atoms with Gasteiger partial charge in [-0.3, -0.25) is 9.59 Å². The van der Waals surface area contributed by atoms with Gasteiger partial charge in [-0.2, -0.15) is 0 Å². The van der Waals surface area contributed by atoms with Gasteiger partial charge in [0.05, 0.1) is 34.0 Å². The minimum atomic E-state index is -1.03. The van der Waals surface area contributed by atoms with Crippen LogP contribution in [0.1, 0.15) is 29.5 Å². The van der Waals surface area contributed by atoms with Crippen LogP contribution in [0.4, 0.5) is 0 Å². The maximum Gasteiger partial charge on any atom is 0.328 e. The first-order valence-corrected chi connectivity index (χ1v) is 15.3. The molecule has 0 unspecified atom stereocenters. The summed E-state index contributed by atoms with van der Waals surface area (Å²) in [5.74, 6) is 0.650. The van der Waals surface area contributed by atoms with E-state index in [2.05, 4.69) is 5.32 Å². The molecule has 3 rings (SSSR count). The molecule has 0 radical (unpaired) electrons. The number of ether oxygens (including phenoxy) is 5. The second kappa shape index (κ2) is 19.6. The fourth-order valence-electron chi connectivity index (χ4n) is 4.74. The molecular formula is C36H45N3O8. The predicted molar refractivity (Wildman–Crippen MR) is 178 cm³/mol. The van der Waals surface area contributed by atoms with Gasteiger partial charge in [0, 0.05) is 38.2 Å². The smallest absolute Gasteiger partial charge is 0.328 e. The van der Waals surface area contributed by atoms with Crippen LogP contribution in [0.5, 0.6) is 17.2 Å². The largest absolute Gasteiger partial charge is 0.497 e. The van der Waals surface area contributed by atoms with Gasteiger partial charge >= 0.3 is 5.97 Å². The summed E-state index contributed by atoms with van der Waals surface area (Å²) in [4.78, 5) is 40.6. The Kier molecular flexibility index (Phi) is 15.3. The first kappa shape index (κ1) is 36.6. The maximum absolute atomic E-state index is 13.5. The standard InChI is InChI=1S/C36H45N3O8/c1-43-25-28-14-17-30(45-3)23-33(28)47-21-9-8-20-39(24-27-12-15-29(44-2)16-13-27)34(40)19-18-32(36(42)46-4)38-35(41)31(37)22-26-10-6-5-7-11-26/h5-17,23,31-32H,18-22,24-25,37H2,1-4H3,(H,38,41)/b9-8+/t31-,32+/m1/s1. The second-order valence-electron chi connectivity index (χ2n) is 10.7. The number of methoxy groups -OCH3 is 4. The molecule has 3 aromatic rings. The summed E-state index contributed by atoms with van der Waals surface area (Å²) in [6.07, 6.45) is 4.00. The second-order valence-corrected chi connectivity index (χ2v) is 10.7. The quantitative estimate of drug-likeness (QED) is 0.147. The van der Waals surface area contributed by atoms with Crippen molar-refractivity contribution in [2.24, 2.45) is 5.73 Å². The van der Waals surface area contributed by atoms with Crippen molar-refractivity contribution in [3.63, 3.8) is 0 Å². The van der Waals surface area contributed by atoms with Crippen molar-refractivity contribution >= 4 is 17.8 Å². The molecule has 0 saturated heterocycles. The van der Waals surface area contributed by atoms with Gasteiger partial charge in [-0.15, -0.1) is 0 Å². The number of amides is 2. The SMILES string of the molecule is COCc1ccc(OC)cc1OC/C=C/CN(Cc1ccc(OC)cc1)C(=O)CC[C@H](NC(=O)[C@H](N)Cc1ccccc1)C(=O)OC. The zero-order valence-corrected chi connectivity index (χ0v) is 27.5. The Morgan fingerprint density at radius 1 is 0.872 bits per heavy atom. The van der Waals surface area contributed by atoms with Crippen molar-refractivity contribution in [2.75, 3.05) is 41.6 Å². The van der Waals surface area contributed by atoms with E-state index in [1.165, 1.54) is 7.11 Å². The van der Waals surface area contributed by atoms with Gasteiger partial charge in [0.2, 0.25) is 11.8 Å². The Morgan fingerprint density at radius 2 is 1.57 bits per heavy atom. The van der Waals surface area contributed by atoms with Crippen molar-refractivity contribution in [1.29, 1.82) is 0 Å². The van der Waals surface area contributed by atoms with Crippen molar-refractivity contribution in [1.82, 2.24) is 10.2 Å². The average molecular weight is 648 g/mol. The van der Waals surface area contributed by atoms with Crippen molar-refractivity contribution in [2.45, 2.75) is 44.5 Å². The Bertz CT molecular complexity index is 1450. The first-order valence-electron chi connectivity index (χ1n) is 15.3. The summed E-state index contributed by atoms with van der Waals surface area (Å²) in [5.41, 5.74) is 8.80. The molecule has 0 aromatic heterocycles. The van der Waals surface area contributed by atoms with E-state index in [9.17, 15) is 14.4 Å². The van der Waals surface area contributed by atoms with E-state index in [0.29, 0.717) is 36.8 Å². The zero-order valence-electron chi connectivity index (χ0n) is 27.5. The number of hydrogen-bond donors (Lipinski definition) is 2. The number of nitrogens with zero attached hydrogens (tertiary/aromatic N) is 1. The monoisotopic (exact) mass is 647 g/mol. The molecule has 0 aliphatic rings. The van der Waals surface area contributed by atoms with Gasteiger partial charge in [-0.1, -0.05) is 48.5 Å². The summed E-state index contributed by atoms with van der Waals surface area (Å²) < 4.78 is 26.7. The highest BCUT2D eigenvalue weighted by Crippen LogP contribution is 2.25. The molecule has 3 N–H and O–H groups in total. The van der Waals surface area contributed by atoms with Crippen molar-refractivity contribution < 1.29 is 38.1 Å². The van der Waals surface area contributed by atoms with E-state index in [1.54, 1.807) is 32.3 Å². The Labute approximate surface area is 276 Å². The van der Waals surface area contributed by atoms with Crippen LogP contribution in [0.25, 0.3) is 0 Å². The fraction of sp³-hybridized carbons (Fsp3) is 0.361. The van der Waals surface area contributed by atoms with Crippen LogP contribution < -0.4 is 25.3 Å². The van der Waals surface area contributed by atoms with Gasteiger partial charge in [0.25, 0.3) is 0 Å². The third-order valence-corrected chi connectivity index (χ3v) is 7.37. The van der Waals surface area contributed by atoms with E-state index in [1.807, 2.05) is 78.9 Å². The van der Waals surface area contributed by atoms with Crippen LogP contribution in [-0.2, 0) is 43.4 Å². The molecule has 47 heavy (non-hydrogen) atoms. The number of benzene rings is 3. The maximum atomic E-state index is 13.5. The number of hydrogen-bond acceptors (Lipinski definition) is 9. The molecule has 2 atom stereocenters. The van der Waals surface area contributed by atoms with Crippen molar-refractivity contribution in [3.05, 3.63) is 102 Å². The highest BCUT2D eigenvalue weighted by atomic mass is 16.5. The van der Waals surface area contributed by atoms with Crippen LogP contribution in [0.3, 0.4) is 0 Å². The van der Waals surface area contributed by atoms with Crippen LogP contribution in [-0.4, -0.2) is 76.4 Å². The number of nitrogens with two attached hydrogens (primary N) is 1. The lowest BCUT2D eigenvalue weighted by atomic mass is 10.0. The minimum absolute atomic E-state index is 0.0152. The third kappa shape index (κ3) is 12.1. The highest BCUT2D eigenvalue weighted by Gasteiger charge is 2.26. The Hall–Kier alpha value is -4.87. The lowest BCUT2D eigenvalue weighted by Crippen LogP contribution is -2.49. The molecule has 11 nitrogen and oxygen atoms in total. The topological polar surface area (TPSA) is 139 Å². The molecule has 11 heteroatoms. The number of esters is 1.